The standard InChI is InChI=1S/C16H21NOS2/c1-4-11-17(12-5-2)16(18)20-13-14-7-9-15(10-8-14)19-6-3/h4-5,7-10H,1-2,6,11-13H2,3H3. The van der Waals surface area contributed by atoms with Crippen molar-refractivity contribution in [3.05, 3.63) is 55.1 Å². The Morgan fingerprint density at radius 3 is 2.30 bits per heavy atom. The van der Waals surface area contributed by atoms with Crippen LogP contribution in [0, 0.1) is 0 Å². The summed E-state index contributed by atoms with van der Waals surface area (Å²) in [5.74, 6) is 1.77. The molecule has 0 saturated carbocycles. The molecule has 0 atom stereocenters. The third kappa shape index (κ3) is 5.88. The second-order valence-corrected chi connectivity index (χ2v) is 6.38. The summed E-state index contributed by atoms with van der Waals surface area (Å²) in [7, 11) is 0. The number of benzene rings is 1. The summed E-state index contributed by atoms with van der Waals surface area (Å²) in [6.07, 6.45) is 3.47. The van der Waals surface area contributed by atoms with E-state index in [2.05, 4.69) is 44.3 Å². The van der Waals surface area contributed by atoms with E-state index >= 15 is 0 Å². The van der Waals surface area contributed by atoms with E-state index in [9.17, 15) is 4.79 Å². The van der Waals surface area contributed by atoms with Crippen LogP contribution < -0.4 is 0 Å². The Morgan fingerprint density at radius 2 is 1.80 bits per heavy atom. The van der Waals surface area contributed by atoms with Crippen LogP contribution in [0.2, 0.25) is 0 Å². The van der Waals surface area contributed by atoms with Crippen LogP contribution in [-0.2, 0) is 5.75 Å². The molecule has 0 aromatic heterocycles. The summed E-state index contributed by atoms with van der Waals surface area (Å²) in [5.41, 5.74) is 1.17. The SMILES string of the molecule is C=CCN(CC=C)C(=O)SCc1ccc(SCC)cc1. The van der Waals surface area contributed by atoms with Gasteiger partial charge in [-0.15, -0.1) is 24.9 Å². The molecular weight excluding hydrogens is 286 g/mol. The summed E-state index contributed by atoms with van der Waals surface area (Å²) in [6.45, 7) is 10.6. The number of amides is 1. The topological polar surface area (TPSA) is 20.3 Å². The number of hydrogen-bond acceptors (Lipinski definition) is 3. The molecule has 0 N–H and O–H groups in total. The van der Waals surface area contributed by atoms with Gasteiger partial charge < -0.3 is 4.90 Å². The summed E-state index contributed by atoms with van der Waals surface area (Å²) in [5, 5.41) is 0.0665. The predicted molar refractivity (Wildman–Crippen MR) is 91.5 cm³/mol. The van der Waals surface area contributed by atoms with Gasteiger partial charge in [-0.2, -0.15) is 0 Å². The minimum absolute atomic E-state index is 0.0665. The monoisotopic (exact) mass is 307 g/mol. The van der Waals surface area contributed by atoms with Crippen molar-refractivity contribution in [2.24, 2.45) is 0 Å². The van der Waals surface area contributed by atoms with Gasteiger partial charge in [-0.1, -0.05) is 43.0 Å². The smallest absolute Gasteiger partial charge is 0.282 e. The van der Waals surface area contributed by atoms with E-state index in [4.69, 9.17) is 0 Å². The number of hydrogen-bond donors (Lipinski definition) is 0. The first-order valence-electron chi connectivity index (χ1n) is 6.56. The highest BCUT2D eigenvalue weighted by Gasteiger charge is 2.11. The van der Waals surface area contributed by atoms with Crippen molar-refractivity contribution in [3.8, 4) is 0 Å². The number of thioether (sulfide) groups is 2. The molecule has 20 heavy (non-hydrogen) atoms. The van der Waals surface area contributed by atoms with Crippen molar-refractivity contribution in [3.63, 3.8) is 0 Å². The second-order valence-electron chi connectivity index (χ2n) is 4.11. The highest BCUT2D eigenvalue weighted by atomic mass is 32.2. The van der Waals surface area contributed by atoms with Gasteiger partial charge in [0.25, 0.3) is 5.24 Å². The number of nitrogens with zero attached hydrogens (tertiary/aromatic N) is 1. The second kappa shape index (κ2) is 9.72. The van der Waals surface area contributed by atoms with Crippen molar-refractivity contribution < 1.29 is 4.79 Å². The van der Waals surface area contributed by atoms with E-state index in [1.165, 1.54) is 22.2 Å². The fraction of sp³-hybridized carbons (Fsp3) is 0.312. The van der Waals surface area contributed by atoms with Gasteiger partial charge in [-0.25, -0.2) is 0 Å². The molecule has 0 fully saturated rings. The molecule has 0 unspecified atom stereocenters. The van der Waals surface area contributed by atoms with Crippen LogP contribution in [0.15, 0.2) is 54.5 Å². The lowest BCUT2D eigenvalue weighted by Crippen LogP contribution is -2.27. The maximum atomic E-state index is 12.1. The van der Waals surface area contributed by atoms with Crippen molar-refractivity contribution in [2.75, 3.05) is 18.8 Å². The van der Waals surface area contributed by atoms with Crippen LogP contribution >= 0.6 is 23.5 Å². The molecule has 2 nitrogen and oxygen atoms in total. The first kappa shape index (κ1) is 16.9. The van der Waals surface area contributed by atoms with Crippen molar-refractivity contribution in [2.45, 2.75) is 17.6 Å². The van der Waals surface area contributed by atoms with Crippen LogP contribution in [0.25, 0.3) is 0 Å². The molecule has 1 aromatic carbocycles. The molecule has 0 spiro atoms. The Morgan fingerprint density at radius 1 is 1.20 bits per heavy atom. The molecule has 1 amide bonds. The normalized spacial score (nSPS) is 10.1. The van der Waals surface area contributed by atoms with Gasteiger partial charge in [-0.3, -0.25) is 4.79 Å². The average molecular weight is 307 g/mol. The molecular formula is C16H21NOS2. The maximum Gasteiger partial charge on any atom is 0.282 e. The molecule has 4 heteroatoms. The third-order valence-corrected chi connectivity index (χ3v) is 4.43. The van der Waals surface area contributed by atoms with Gasteiger partial charge in [0.05, 0.1) is 0 Å². The van der Waals surface area contributed by atoms with Crippen molar-refractivity contribution in [1.29, 1.82) is 0 Å². The molecule has 0 aliphatic heterocycles. The Balaban J connectivity index is 2.50. The van der Waals surface area contributed by atoms with Gasteiger partial charge in [0.15, 0.2) is 0 Å². The van der Waals surface area contributed by atoms with E-state index in [1.807, 2.05) is 11.8 Å². The molecule has 0 heterocycles. The zero-order chi connectivity index (χ0) is 14.8. The molecule has 0 saturated heterocycles. The van der Waals surface area contributed by atoms with Gasteiger partial charge in [0.1, 0.15) is 0 Å². The summed E-state index contributed by atoms with van der Waals surface area (Å²) in [4.78, 5) is 15.1. The first-order chi connectivity index (χ1) is 9.71. The fourth-order valence-corrected chi connectivity index (χ4v) is 3.10. The van der Waals surface area contributed by atoms with Crippen LogP contribution in [0.1, 0.15) is 12.5 Å². The Labute approximate surface area is 130 Å². The van der Waals surface area contributed by atoms with E-state index in [1.54, 1.807) is 17.1 Å². The third-order valence-electron chi connectivity index (χ3n) is 2.55. The van der Waals surface area contributed by atoms with Crippen molar-refractivity contribution >= 4 is 28.8 Å². The first-order valence-corrected chi connectivity index (χ1v) is 8.53. The zero-order valence-electron chi connectivity index (χ0n) is 11.9. The fourth-order valence-electron chi connectivity index (χ4n) is 1.62. The largest absolute Gasteiger partial charge is 0.326 e. The molecule has 1 aromatic rings. The number of carbonyl (C=O) groups is 1. The van der Waals surface area contributed by atoms with Crippen LogP contribution in [0.5, 0.6) is 0 Å². The lowest BCUT2D eigenvalue weighted by Gasteiger charge is -2.18. The predicted octanol–water partition coefficient (Wildman–Crippen LogP) is 4.83. The number of rotatable bonds is 8. The van der Waals surface area contributed by atoms with Gasteiger partial charge in [0.2, 0.25) is 0 Å². The highest BCUT2D eigenvalue weighted by Crippen LogP contribution is 2.21. The lowest BCUT2D eigenvalue weighted by molar-refractivity contribution is 0.233. The molecule has 1 rings (SSSR count). The van der Waals surface area contributed by atoms with E-state index in [0.29, 0.717) is 18.8 Å². The van der Waals surface area contributed by atoms with Crippen molar-refractivity contribution in [1.82, 2.24) is 4.90 Å². The zero-order valence-corrected chi connectivity index (χ0v) is 13.5. The molecule has 0 aliphatic carbocycles. The Hall–Kier alpha value is -1.13. The average Bonchev–Trinajstić information content (AvgIpc) is 2.46. The Kier molecular flexibility index (Phi) is 8.23. The van der Waals surface area contributed by atoms with Crippen LogP contribution in [-0.4, -0.2) is 29.0 Å². The molecule has 108 valence electrons. The summed E-state index contributed by atoms with van der Waals surface area (Å²) in [6, 6.07) is 8.40. The maximum absolute atomic E-state index is 12.1. The van der Waals surface area contributed by atoms with E-state index in [0.717, 1.165) is 5.75 Å². The molecule has 0 aliphatic rings. The summed E-state index contributed by atoms with van der Waals surface area (Å²) >= 11 is 3.14. The minimum atomic E-state index is 0.0665. The van der Waals surface area contributed by atoms with Crippen LogP contribution in [0.3, 0.4) is 0 Å². The molecule has 0 radical (unpaired) electrons. The van der Waals surface area contributed by atoms with E-state index < -0.39 is 0 Å². The van der Waals surface area contributed by atoms with Gasteiger partial charge in [0, 0.05) is 23.7 Å². The van der Waals surface area contributed by atoms with E-state index in [-0.39, 0.29) is 5.24 Å². The highest BCUT2D eigenvalue weighted by molar-refractivity contribution is 8.12. The quantitative estimate of drug-likeness (QED) is 0.507. The Bertz CT molecular complexity index is 432. The lowest BCUT2D eigenvalue weighted by atomic mass is 10.2. The minimum Gasteiger partial charge on any atom is -0.326 e. The van der Waals surface area contributed by atoms with Crippen LogP contribution in [0.4, 0.5) is 4.79 Å². The number of carbonyl (C=O) groups excluding carboxylic acids is 1. The van der Waals surface area contributed by atoms with Gasteiger partial charge >= 0.3 is 0 Å². The molecule has 0 bridgehead atoms. The van der Waals surface area contributed by atoms with Gasteiger partial charge in [-0.05, 0) is 23.4 Å². The summed E-state index contributed by atoms with van der Waals surface area (Å²) < 4.78 is 0.